The molecule has 16 heavy (non-hydrogen) atoms. The van der Waals surface area contributed by atoms with Gasteiger partial charge in [0.1, 0.15) is 0 Å². The Hall–Kier alpha value is -1.09. The predicted octanol–water partition coefficient (Wildman–Crippen LogP) is 2.23. The summed E-state index contributed by atoms with van der Waals surface area (Å²) in [5.41, 5.74) is 3.70. The van der Waals surface area contributed by atoms with Crippen molar-refractivity contribution in [2.24, 2.45) is 0 Å². The van der Waals surface area contributed by atoms with E-state index in [9.17, 15) is 5.11 Å². The number of allylic oxidation sites excluding steroid dienone is 1. The van der Waals surface area contributed by atoms with Crippen molar-refractivity contribution in [1.82, 2.24) is 9.78 Å². The highest BCUT2D eigenvalue weighted by atomic mass is 16.3. The van der Waals surface area contributed by atoms with Crippen molar-refractivity contribution in [1.29, 1.82) is 0 Å². The second kappa shape index (κ2) is 4.83. The summed E-state index contributed by atoms with van der Waals surface area (Å²) in [7, 11) is 0. The number of nitrogens with zero attached hydrogens (tertiary/aromatic N) is 2. The van der Waals surface area contributed by atoms with Gasteiger partial charge in [0, 0.05) is 18.7 Å². The van der Waals surface area contributed by atoms with E-state index in [0.717, 1.165) is 37.9 Å². The molecule has 0 radical (unpaired) electrons. The monoisotopic (exact) mass is 220 g/mol. The first kappa shape index (κ1) is 11.4. The van der Waals surface area contributed by atoms with Crippen LogP contribution < -0.4 is 0 Å². The van der Waals surface area contributed by atoms with Crippen molar-refractivity contribution in [2.75, 3.05) is 0 Å². The molecule has 0 spiro atoms. The quantitative estimate of drug-likeness (QED) is 0.793. The minimum atomic E-state index is -0.233. The average Bonchev–Trinajstić information content (AvgIpc) is 2.59. The van der Waals surface area contributed by atoms with E-state index < -0.39 is 0 Å². The fourth-order valence-electron chi connectivity index (χ4n) is 2.37. The van der Waals surface area contributed by atoms with Gasteiger partial charge in [0.25, 0.3) is 0 Å². The molecule has 0 saturated heterocycles. The van der Waals surface area contributed by atoms with Crippen LogP contribution in [0.1, 0.15) is 37.6 Å². The molecule has 1 unspecified atom stereocenters. The molecule has 0 bridgehead atoms. The molecule has 1 aliphatic carbocycles. The fourth-order valence-corrected chi connectivity index (χ4v) is 2.37. The first-order chi connectivity index (χ1) is 7.69. The minimum absolute atomic E-state index is 0.233. The molecule has 1 atom stereocenters. The average molecular weight is 220 g/mol. The number of aliphatic hydroxyl groups is 1. The smallest absolute Gasteiger partial charge is 0.0723 e. The minimum Gasteiger partial charge on any atom is -0.389 e. The number of rotatable bonds is 3. The van der Waals surface area contributed by atoms with Crippen LogP contribution in [-0.2, 0) is 13.0 Å². The molecule has 1 aromatic rings. The fraction of sp³-hybridized carbons (Fsp3) is 0.615. The lowest BCUT2D eigenvalue weighted by atomic mass is 9.94. The second-order valence-electron chi connectivity index (χ2n) is 4.55. The summed E-state index contributed by atoms with van der Waals surface area (Å²) in [5.74, 6) is 0. The van der Waals surface area contributed by atoms with E-state index in [2.05, 4.69) is 22.8 Å². The Morgan fingerprint density at radius 1 is 1.56 bits per heavy atom. The Kier molecular flexibility index (Phi) is 3.44. The van der Waals surface area contributed by atoms with Gasteiger partial charge in [-0.25, -0.2) is 0 Å². The molecule has 88 valence electrons. The molecule has 1 heterocycles. The zero-order valence-corrected chi connectivity index (χ0v) is 10.1. The van der Waals surface area contributed by atoms with Crippen molar-refractivity contribution < 1.29 is 5.11 Å². The molecule has 1 aliphatic rings. The van der Waals surface area contributed by atoms with Crippen molar-refractivity contribution in [3.8, 4) is 0 Å². The molecule has 1 aromatic heterocycles. The summed E-state index contributed by atoms with van der Waals surface area (Å²) >= 11 is 0. The van der Waals surface area contributed by atoms with Gasteiger partial charge in [0.2, 0.25) is 0 Å². The van der Waals surface area contributed by atoms with Gasteiger partial charge >= 0.3 is 0 Å². The maximum atomic E-state index is 9.59. The second-order valence-corrected chi connectivity index (χ2v) is 4.55. The van der Waals surface area contributed by atoms with E-state index in [1.165, 1.54) is 11.3 Å². The van der Waals surface area contributed by atoms with Crippen LogP contribution in [-0.4, -0.2) is 21.0 Å². The van der Waals surface area contributed by atoms with Crippen LogP contribution in [0.4, 0.5) is 0 Å². The number of aryl methyl sites for hydroxylation is 2. The van der Waals surface area contributed by atoms with E-state index in [1.54, 1.807) is 0 Å². The molecular weight excluding hydrogens is 200 g/mol. The molecule has 0 amide bonds. The van der Waals surface area contributed by atoms with Crippen molar-refractivity contribution in [3.05, 3.63) is 29.1 Å². The van der Waals surface area contributed by atoms with Gasteiger partial charge in [0.05, 0.1) is 11.8 Å². The van der Waals surface area contributed by atoms with Crippen LogP contribution in [0.15, 0.2) is 17.7 Å². The first-order valence-corrected chi connectivity index (χ1v) is 6.10. The Labute approximate surface area is 96.8 Å². The molecule has 0 aromatic carbocycles. The number of hydrogen-bond acceptors (Lipinski definition) is 2. The van der Waals surface area contributed by atoms with E-state index >= 15 is 0 Å². The third-order valence-electron chi connectivity index (χ3n) is 3.12. The Morgan fingerprint density at radius 2 is 2.38 bits per heavy atom. The summed E-state index contributed by atoms with van der Waals surface area (Å²) < 4.78 is 2.05. The van der Waals surface area contributed by atoms with Crippen LogP contribution in [0.2, 0.25) is 0 Å². The van der Waals surface area contributed by atoms with Gasteiger partial charge in [0.15, 0.2) is 0 Å². The highest BCUT2D eigenvalue weighted by molar-refractivity contribution is 5.20. The van der Waals surface area contributed by atoms with Gasteiger partial charge in [-0.15, -0.1) is 0 Å². The molecule has 1 N–H and O–H groups in total. The lowest BCUT2D eigenvalue weighted by molar-refractivity contribution is 0.201. The van der Waals surface area contributed by atoms with E-state index in [4.69, 9.17) is 0 Å². The van der Waals surface area contributed by atoms with Crippen molar-refractivity contribution >= 4 is 0 Å². The van der Waals surface area contributed by atoms with E-state index in [1.807, 2.05) is 13.0 Å². The molecule has 3 heteroatoms. The Balaban J connectivity index is 2.13. The zero-order chi connectivity index (χ0) is 11.5. The molecule has 0 fully saturated rings. The summed E-state index contributed by atoms with van der Waals surface area (Å²) in [4.78, 5) is 0. The molecule has 3 nitrogen and oxygen atoms in total. The number of hydrogen-bond donors (Lipinski definition) is 1. The summed E-state index contributed by atoms with van der Waals surface area (Å²) in [6.45, 7) is 5.05. The number of aromatic nitrogens is 2. The highest BCUT2D eigenvalue weighted by Crippen LogP contribution is 2.21. The van der Waals surface area contributed by atoms with Gasteiger partial charge in [-0.3, -0.25) is 4.68 Å². The molecule has 2 rings (SSSR count). The summed E-state index contributed by atoms with van der Waals surface area (Å²) in [5, 5.41) is 14.0. The number of aliphatic hydroxyl groups excluding tert-OH is 1. The maximum absolute atomic E-state index is 9.59. The van der Waals surface area contributed by atoms with Crippen LogP contribution in [0.25, 0.3) is 0 Å². The predicted molar refractivity (Wildman–Crippen MR) is 64.3 cm³/mol. The standard InChI is InChI=1S/C13H20N2O/c1-3-15-12(7-10(2)14-15)8-11-5-4-6-13(16)9-11/h7,9,13,16H,3-6,8H2,1-2H3. The summed E-state index contributed by atoms with van der Waals surface area (Å²) in [6, 6.07) is 2.14. The van der Waals surface area contributed by atoms with Gasteiger partial charge in [-0.2, -0.15) is 5.10 Å². The van der Waals surface area contributed by atoms with Crippen LogP contribution in [0, 0.1) is 6.92 Å². The topological polar surface area (TPSA) is 38.0 Å². The van der Waals surface area contributed by atoms with Crippen molar-refractivity contribution in [3.63, 3.8) is 0 Å². The summed E-state index contributed by atoms with van der Waals surface area (Å²) in [6.07, 6.45) is 5.85. The van der Waals surface area contributed by atoms with E-state index in [0.29, 0.717) is 0 Å². The maximum Gasteiger partial charge on any atom is 0.0723 e. The normalized spacial score (nSPS) is 20.9. The molecular formula is C13H20N2O. The first-order valence-electron chi connectivity index (χ1n) is 6.10. The molecule has 0 aliphatic heterocycles. The van der Waals surface area contributed by atoms with Crippen LogP contribution >= 0.6 is 0 Å². The van der Waals surface area contributed by atoms with Crippen LogP contribution in [0.5, 0.6) is 0 Å². The third kappa shape index (κ3) is 2.53. The van der Waals surface area contributed by atoms with Crippen LogP contribution in [0.3, 0.4) is 0 Å². The SMILES string of the molecule is CCn1nc(C)cc1CC1=CC(O)CCC1. The zero-order valence-electron chi connectivity index (χ0n) is 10.1. The van der Waals surface area contributed by atoms with Gasteiger partial charge < -0.3 is 5.11 Å². The van der Waals surface area contributed by atoms with Gasteiger partial charge in [-0.1, -0.05) is 11.6 Å². The third-order valence-corrected chi connectivity index (χ3v) is 3.12. The van der Waals surface area contributed by atoms with E-state index in [-0.39, 0.29) is 6.10 Å². The van der Waals surface area contributed by atoms with Crippen molar-refractivity contribution in [2.45, 2.75) is 52.2 Å². The Bertz CT molecular complexity index is 393. The highest BCUT2D eigenvalue weighted by Gasteiger charge is 2.13. The molecule has 0 saturated carbocycles. The lowest BCUT2D eigenvalue weighted by Gasteiger charge is -2.17. The Morgan fingerprint density at radius 3 is 3.06 bits per heavy atom. The largest absolute Gasteiger partial charge is 0.389 e. The lowest BCUT2D eigenvalue weighted by Crippen LogP contribution is -2.11. The van der Waals surface area contributed by atoms with Gasteiger partial charge in [-0.05, 0) is 39.2 Å².